The van der Waals surface area contributed by atoms with Gasteiger partial charge < -0.3 is 15.4 Å². The van der Waals surface area contributed by atoms with Crippen molar-refractivity contribution in [1.82, 2.24) is 10.6 Å². The summed E-state index contributed by atoms with van der Waals surface area (Å²) in [6.07, 6.45) is 0. The summed E-state index contributed by atoms with van der Waals surface area (Å²) in [4.78, 5) is 23.4. The zero-order valence-corrected chi connectivity index (χ0v) is 11.5. The van der Waals surface area contributed by atoms with Crippen LogP contribution in [0.2, 0.25) is 0 Å². The molecule has 1 amide bonds. The third kappa shape index (κ3) is 4.37. The number of ether oxygens (including phenoxy) is 1. The van der Waals surface area contributed by atoms with Crippen LogP contribution >= 0.6 is 0 Å². The smallest absolute Gasteiger partial charge is 0.310 e. The molecule has 2 N–H and O–H groups in total. The van der Waals surface area contributed by atoms with Crippen LogP contribution in [-0.2, 0) is 14.3 Å². The summed E-state index contributed by atoms with van der Waals surface area (Å²) in [7, 11) is 3.04. The number of nitrogens with one attached hydrogen (secondary N) is 2. The molecule has 1 aromatic rings. The molecule has 0 saturated carbocycles. The van der Waals surface area contributed by atoms with E-state index in [2.05, 4.69) is 10.6 Å². The first kappa shape index (κ1) is 15.2. The molecule has 0 aliphatic rings. The van der Waals surface area contributed by atoms with Gasteiger partial charge in [0.05, 0.1) is 25.6 Å². The molecule has 0 radical (unpaired) electrons. The molecule has 0 aromatic heterocycles. The average Bonchev–Trinajstić information content (AvgIpc) is 2.44. The molecule has 5 heteroatoms. The molecule has 2 atom stereocenters. The van der Waals surface area contributed by atoms with E-state index in [9.17, 15) is 9.59 Å². The number of hydrogen-bond acceptors (Lipinski definition) is 4. The standard InChI is InChI=1S/C14H20N2O3/c1-10(14(18)19-3)13(16-12(17)9-15-2)11-7-5-4-6-8-11/h4-8,10,13,15H,9H2,1-3H3,(H,16,17). The Kier molecular flexibility index (Phi) is 6.02. The summed E-state index contributed by atoms with van der Waals surface area (Å²) < 4.78 is 4.75. The number of carbonyl (C=O) groups excluding carboxylic acids is 2. The number of amides is 1. The summed E-state index contributed by atoms with van der Waals surface area (Å²) in [6.45, 7) is 1.94. The van der Waals surface area contributed by atoms with E-state index in [1.165, 1.54) is 7.11 Å². The molecule has 2 unspecified atom stereocenters. The van der Waals surface area contributed by atoms with Crippen LogP contribution in [0, 0.1) is 5.92 Å². The molecular weight excluding hydrogens is 244 g/mol. The zero-order valence-electron chi connectivity index (χ0n) is 11.5. The van der Waals surface area contributed by atoms with Gasteiger partial charge in [-0.2, -0.15) is 0 Å². The molecule has 1 aromatic carbocycles. The Hall–Kier alpha value is -1.88. The van der Waals surface area contributed by atoms with E-state index in [0.29, 0.717) is 0 Å². The van der Waals surface area contributed by atoms with Gasteiger partial charge in [-0.3, -0.25) is 9.59 Å². The number of carbonyl (C=O) groups is 2. The van der Waals surface area contributed by atoms with Gasteiger partial charge in [0.25, 0.3) is 0 Å². The Morgan fingerprint density at radius 1 is 1.26 bits per heavy atom. The molecule has 0 heterocycles. The summed E-state index contributed by atoms with van der Waals surface area (Å²) in [6, 6.07) is 8.99. The minimum Gasteiger partial charge on any atom is -0.469 e. The molecule has 0 spiro atoms. The average molecular weight is 264 g/mol. The van der Waals surface area contributed by atoms with Crippen LogP contribution < -0.4 is 10.6 Å². The highest BCUT2D eigenvalue weighted by molar-refractivity contribution is 5.80. The lowest BCUT2D eigenvalue weighted by atomic mass is 9.94. The fourth-order valence-electron chi connectivity index (χ4n) is 1.86. The van der Waals surface area contributed by atoms with Crippen LogP contribution in [0.15, 0.2) is 30.3 Å². The van der Waals surface area contributed by atoms with Crippen molar-refractivity contribution in [3.05, 3.63) is 35.9 Å². The Labute approximate surface area is 113 Å². The quantitative estimate of drug-likeness (QED) is 0.748. The SMILES string of the molecule is CNCC(=O)NC(c1ccccc1)C(C)C(=O)OC. The lowest BCUT2D eigenvalue weighted by molar-refractivity contribution is -0.146. The van der Waals surface area contributed by atoms with E-state index in [1.807, 2.05) is 30.3 Å². The Morgan fingerprint density at radius 2 is 1.89 bits per heavy atom. The van der Waals surface area contributed by atoms with Gasteiger partial charge in [-0.25, -0.2) is 0 Å². The van der Waals surface area contributed by atoms with E-state index >= 15 is 0 Å². The first-order valence-corrected chi connectivity index (χ1v) is 6.17. The molecule has 104 valence electrons. The summed E-state index contributed by atoms with van der Waals surface area (Å²) in [5, 5.41) is 5.63. The Bertz CT molecular complexity index is 420. The van der Waals surface area contributed by atoms with Crippen LogP contribution in [0.4, 0.5) is 0 Å². The number of methoxy groups -OCH3 is 1. The summed E-state index contributed by atoms with van der Waals surface area (Å²) >= 11 is 0. The highest BCUT2D eigenvalue weighted by Gasteiger charge is 2.27. The summed E-state index contributed by atoms with van der Waals surface area (Å²) in [5.74, 6) is -0.959. The van der Waals surface area contributed by atoms with E-state index in [-0.39, 0.29) is 18.4 Å². The number of hydrogen-bond donors (Lipinski definition) is 2. The van der Waals surface area contributed by atoms with Gasteiger partial charge in [-0.15, -0.1) is 0 Å². The fourth-order valence-corrected chi connectivity index (χ4v) is 1.86. The van der Waals surface area contributed by atoms with Crippen LogP contribution in [0.25, 0.3) is 0 Å². The maximum absolute atomic E-state index is 11.7. The summed E-state index contributed by atoms with van der Waals surface area (Å²) in [5.41, 5.74) is 0.879. The second-order valence-corrected chi connectivity index (χ2v) is 4.30. The normalized spacial score (nSPS) is 13.4. The maximum atomic E-state index is 11.7. The second kappa shape index (κ2) is 7.53. The Morgan fingerprint density at radius 3 is 2.42 bits per heavy atom. The van der Waals surface area contributed by atoms with Crippen LogP contribution in [0.3, 0.4) is 0 Å². The number of likely N-dealkylation sites (N-methyl/N-ethyl adjacent to an activating group) is 1. The van der Waals surface area contributed by atoms with Crippen LogP contribution in [-0.4, -0.2) is 32.6 Å². The van der Waals surface area contributed by atoms with E-state index in [1.54, 1.807) is 14.0 Å². The third-order valence-electron chi connectivity index (χ3n) is 2.89. The van der Waals surface area contributed by atoms with Crippen molar-refractivity contribution >= 4 is 11.9 Å². The van der Waals surface area contributed by atoms with Crippen molar-refractivity contribution in [3.63, 3.8) is 0 Å². The van der Waals surface area contributed by atoms with Gasteiger partial charge >= 0.3 is 5.97 Å². The molecule has 0 aliphatic heterocycles. The second-order valence-electron chi connectivity index (χ2n) is 4.30. The van der Waals surface area contributed by atoms with Gasteiger partial charge in [-0.05, 0) is 19.5 Å². The van der Waals surface area contributed by atoms with E-state index in [4.69, 9.17) is 4.74 Å². The molecule has 0 aliphatic carbocycles. The van der Waals surface area contributed by atoms with Gasteiger partial charge in [0.1, 0.15) is 0 Å². The predicted molar refractivity (Wildman–Crippen MR) is 72.4 cm³/mol. The van der Waals surface area contributed by atoms with Crippen molar-refractivity contribution in [3.8, 4) is 0 Å². The third-order valence-corrected chi connectivity index (χ3v) is 2.89. The number of esters is 1. The first-order valence-electron chi connectivity index (χ1n) is 6.17. The number of rotatable bonds is 6. The highest BCUT2D eigenvalue weighted by Crippen LogP contribution is 2.22. The first-order chi connectivity index (χ1) is 9.10. The number of benzene rings is 1. The molecule has 0 bridgehead atoms. The van der Waals surface area contributed by atoms with Crippen molar-refractivity contribution < 1.29 is 14.3 Å². The van der Waals surface area contributed by atoms with Crippen LogP contribution in [0.1, 0.15) is 18.5 Å². The monoisotopic (exact) mass is 264 g/mol. The lowest BCUT2D eigenvalue weighted by Gasteiger charge is -2.24. The van der Waals surface area contributed by atoms with Gasteiger partial charge in [0.15, 0.2) is 0 Å². The van der Waals surface area contributed by atoms with E-state index < -0.39 is 12.0 Å². The Balaban J connectivity index is 2.91. The molecule has 19 heavy (non-hydrogen) atoms. The van der Waals surface area contributed by atoms with Crippen LogP contribution in [0.5, 0.6) is 0 Å². The molecule has 1 rings (SSSR count). The van der Waals surface area contributed by atoms with E-state index in [0.717, 1.165) is 5.56 Å². The van der Waals surface area contributed by atoms with Crippen molar-refractivity contribution in [2.45, 2.75) is 13.0 Å². The van der Waals surface area contributed by atoms with Gasteiger partial charge in [-0.1, -0.05) is 30.3 Å². The molecule has 0 saturated heterocycles. The van der Waals surface area contributed by atoms with Crippen molar-refractivity contribution in [1.29, 1.82) is 0 Å². The minimum atomic E-state index is -0.451. The lowest BCUT2D eigenvalue weighted by Crippen LogP contribution is -2.39. The van der Waals surface area contributed by atoms with Gasteiger partial charge in [0, 0.05) is 0 Å². The predicted octanol–water partition coefficient (Wildman–Crippen LogP) is 0.872. The minimum absolute atomic E-state index is 0.160. The molecular formula is C14H20N2O3. The topological polar surface area (TPSA) is 67.4 Å². The highest BCUT2D eigenvalue weighted by atomic mass is 16.5. The van der Waals surface area contributed by atoms with Gasteiger partial charge in [0.2, 0.25) is 5.91 Å². The van der Waals surface area contributed by atoms with Crippen molar-refractivity contribution in [2.24, 2.45) is 5.92 Å². The molecule has 0 fully saturated rings. The molecule has 5 nitrogen and oxygen atoms in total. The maximum Gasteiger partial charge on any atom is 0.310 e. The van der Waals surface area contributed by atoms with Crippen molar-refractivity contribution in [2.75, 3.05) is 20.7 Å². The largest absolute Gasteiger partial charge is 0.469 e. The fraction of sp³-hybridized carbons (Fsp3) is 0.429. The zero-order chi connectivity index (χ0) is 14.3.